The molecule has 1 unspecified atom stereocenters. The van der Waals surface area contributed by atoms with Crippen LogP contribution in [0, 0.1) is 11.6 Å². The minimum Gasteiger partial charge on any atom is -0.354 e. The molecule has 1 atom stereocenters. The summed E-state index contributed by atoms with van der Waals surface area (Å²) < 4.78 is 53.2. The van der Waals surface area contributed by atoms with Crippen LogP contribution in [-0.2, 0) is 32.6 Å². The van der Waals surface area contributed by atoms with E-state index in [1.165, 1.54) is 41.3 Å². The molecule has 0 bridgehead atoms. The smallest absolute Gasteiger partial charge is 0.244 e. The Bertz CT molecular complexity index is 1320. The van der Waals surface area contributed by atoms with Gasteiger partial charge in [0.2, 0.25) is 21.8 Å². The third-order valence-corrected chi connectivity index (χ3v) is 7.02. The quantitative estimate of drug-likeness (QED) is 0.376. The molecule has 7 nitrogen and oxygen atoms in total. The molecule has 0 aliphatic heterocycles. The summed E-state index contributed by atoms with van der Waals surface area (Å²) in [6.45, 7) is 1.63. The van der Waals surface area contributed by atoms with E-state index >= 15 is 0 Å². The predicted molar refractivity (Wildman–Crippen MR) is 143 cm³/mol. The van der Waals surface area contributed by atoms with E-state index in [2.05, 4.69) is 5.32 Å². The maximum absolute atomic E-state index is 13.8. The molecule has 0 spiro atoms. The van der Waals surface area contributed by atoms with Crippen LogP contribution in [0.25, 0.3) is 0 Å². The average molecular weight is 544 g/mol. The van der Waals surface area contributed by atoms with Crippen molar-refractivity contribution in [3.05, 3.63) is 102 Å². The van der Waals surface area contributed by atoms with Gasteiger partial charge in [-0.25, -0.2) is 17.2 Å². The van der Waals surface area contributed by atoms with E-state index in [0.29, 0.717) is 18.5 Å². The fourth-order valence-corrected chi connectivity index (χ4v) is 4.78. The lowest BCUT2D eigenvalue weighted by Crippen LogP contribution is -2.53. The number of halogens is 2. The molecule has 202 valence electrons. The molecule has 38 heavy (non-hydrogen) atoms. The Labute approximate surface area is 222 Å². The van der Waals surface area contributed by atoms with Crippen LogP contribution in [0.5, 0.6) is 0 Å². The van der Waals surface area contributed by atoms with E-state index in [1.54, 1.807) is 0 Å². The fraction of sp³-hybridized carbons (Fsp3) is 0.286. The van der Waals surface area contributed by atoms with Crippen LogP contribution in [-0.4, -0.2) is 50.5 Å². The van der Waals surface area contributed by atoms with Gasteiger partial charge in [-0.15, -0.1) is 0 Å². The second kappa shape index (κ2) is 13.1. The molecule has 0 fully saturated rings. The molecule has 0 saturated carbocycles. The van der Waals surface area contributed by atoms with E-state index in [9.17, 15) is 26.8 Å². The molecule has 0 aliphatic carbocycles. The van der Waals surface area contributed by atoms with Gasteiger partial charge in [0.05, 0.1) is 11.9 Å². The number of sulfonamides is 1. The summed E-state index contributed by atoms with van der Waals surface area (Å²) in [5.74, 6) is -2.04. The van der Waals surface area contributed by atoms with Crippen LogP contribution in [0.3, 0.4) is 0 Å². The van der Waals surface area contributed by atoms with Crippen molar-refractivity contribution in [2.45, 2.75) is 32.4 Å². The Hall–Kier alpha value is -3.79. The van der Waals surface area contributed by atoms with Crippen molar-refractivity contribution in [2.75, 3.05) is 23.7 Å². The lowest BCUT2D eigenvalue weighted by atomic mass is 10.0. The van der Waals surface area contributed by atoms with Crippen molar-refractivity contribution < 1.29 is 26.8 Å². The van der Waals surface area contributed by atoms with Crippen LogP contribution in [0.2, 0.25) is 0 Å². The summed E-state index contributed by atoms with van der Waals surface area (Å²) in [5, 5.41) is 2.84. The maximum Gasteiger partial charge on any atom is 0.244 e. The van der Waals surface area contributed by atoms with Crippen molar-refractivity contribution in [3.8, 4) is 0 Å². The number of anilines is 1. The second-order valence-electron chi connectivity index (χ2n) is 8.89. The van der Waals surface area contributed by atoms with Crippen molar-refractivity contribution in [1.82, 2.24) is 10.2 Å². The zero-order chi connectivity index (χ0) is 27.7. The summed E-state index contributed by atoms with van der Waals surface area (Å²) >= 11 is 0. The molecule has 1 N–H and O–H groups in total. The maximum atomic E-state index is 13.8. The minimum atomic E-state index is -3.94. The topological polar surface area (TPSA) is 86.8 Å². The molecule has 2 amide bonds. The van der Waals surface area contributed by atoms with Gasteiger partial charge >= 0.3 is 0 Å². The fourth-order valence-electron chi connectivity index (χ4n) is 3.93. The largest absolute Gasteiger partial charge is 0.354 e. The number of hydrogen-bond acceptors (Lipinski definition) is 4. The van der Waals surface area contributed by atoms with Crippen molar-refractivity contribution >= 4 is 27.5 Å². The highest BCUT2D eigenvalue weighted by atomic mass is 32.2. The highest BCUT2D eigenvalue weighted by Crippen LogP contribution is 2.21. The zero-order valence-electron chi connectivity index (χ0n) is 21.3. The van der Waals surface area contributed by atoms with Crippen LogP contribution in [0.1, 0.15) is 24.5 Å². The van der Waals surface area contributed by atoms with Crippen molar-refractivity contribution in [2.24, 2.45) is 0 Å². The molecule has 0 aliphatic rings. The summed E-state index contributed by atoms with van der Waals surface area (Å²) in [4.78, 5) is 28.5. The second-order valence-corrected chi connectivity index (χ2v) is 10.8. The van der Waals surface area contributed by atoms with E-state index < -0.39 is 40.2 Å². The molecule has 0 radical (unpaired) electrons. The number of nitrogens with zero attached hydrogens (tertiary/aromatic N) is 2. The molecule has 10 heteroatoms. The van der Waals surface area contributed by atoms with Crippen LogP contribution in [0.4, 0.5) is 14.5 Å². The number of hydrogen-bond donors (Lipinski definition) is 1. The lowest BCUT2D eigenvalue weighted by molar-refractivity contribution is -0.140. The molecule has 0 heterocycles. The number of carbonyl (C=O) groups excluding carboxylic acids is 2. The van der Waals surface area contributed by atoms with E-state index in [0.717, 1.165) is 28.3 Å². The molecular formula is C28H31F2N3O4S. The molecule has 0 saturated heterocycles. The van der Waals surface area contributed by atoms with E-state index in [1.807, 2.05) is 37.3 Å². The lowest BCUT2D eigenvalue weighted by Gasteiger charge is -2.33. The molecule has 3 aromatic rings. The first kappa shape index (κ1) is 28.8. The summed E-state index contributed by atoms with van der Waals surface area (Å²) in [6, 6.07) is 18.4. The van der Waals surface area contributed by atoms with Gasteiger partial charge in [0.1, 0.15) is 24.2 Å². The van der Waals surface area contributed by atoms with Crippen LogP contribution < -0.4 is 9.62 Å². The third-order valence-electron chi connectivity index (χ3n) is 5.88. The Balaban J connectivity index is 2.02. The first-order valence-corrected chi connectivity index (χ1v) is 14.0. The summed E-state index contributed by atoms with van der Waals surface area (Å²) in [5.41, 5.74) is 1.48. The first-order valence-electron chi connectivity index (χ1n) is 12.2. The Morgan fingerprint density at radius 2 is 1.45 bits per heavy atom. The van der Waals surface area contributed by atoms with Gasteiger partial charge in [-0.2, -0.15) is 0 Å². The third kappa shape index (κ3) is 8.11. The molecule has 0 aromatic heterocycles. The van der Waals surface area contributed by atoms with Gasteiger partial charge in [0, 0.05) is 19.5 Å². The normalized spacial score (nSPS) is 12.0. The zero-order valence-corrected chi connectivity index (χ0v) is 22.1. The van der Waals surface area contributed by atoms with Gasteiger partial charge in [0.25, 0.3) is 0 Å². The number of rotatable bonds is 12. The van der Waals surface area contributed by atoms with E-state index in [4.69, 9.17) is 0 Å². The number of nitrogens with one attached hydrogen (secondary N) is 1. The van der Waals surface area contributed by atoms with E-state index in [-0.39, 0.29) is 24.6 Å². The van der Waals surface area contributed by atoms with Gasteiger partial charge < -0.3 is 10.2 Å². The van der Waals surface area contributed by atoms with Gasteiger partial charge in [-0.3, -0.25) is 13.9 Å². The van der Waals surface area contributed by atoms with Crippen molar-refractivity contribution in [3.63, 3.8) is 0 Å². The Kier molecular flexibility index (Phi) is 9.95. The number of carbonyl (C=O) groups is 2. The van der Waals surface area contributed by atoms with Crippen LogP contribution >= 0.6 is 0 Å². The first-order chi connectivity index (χ1) is 18.1. The van der Waals surface area contributed by atoms with Gasteiger partial charge in [-0.05, 0) is 53.9 Å². The average Bonchev–Trinajstić information content (AvgIpc) is 2.89. The highest BCUT2D eigenvalue weighted by molar-refractivity contribution is 7.92. The molecule has 3 aromatic carbocycles. The Morgan fingerprint density at radius 1 is 0.868 bits per heavy atom. The highest BCUT2D eigenvalue weighted by Gasteiger charge is 2.32. The van der Waals surface area contributed by atoms with Crippen molar-refractivity contribution in [1.29, 1.82) is 0 Å². The van der Waals surface area contributed by atoms with Crippen LogP contribution in [0.15, 0.2) is 78.9 Å². The standard InChI is InChI=1S/C28H31F2N3O4S/c1-3-17-31-28(35)26(18-21-7-5-4-6-8-21)32(19-22-9-11-23(29)12-10-22)27(34)20-33(38(2,36)37)25-15-13-24(30)14-16-25/h4-16,26H,3,17-20H2,1-2H3,(H,31,35). The number of benzene rings is 3. The SMILES string of the molecule is CCCNC(=O)C(Cc1ccccc1)N(Cc1ccc(F)cc1)C(=O)CN(c1ccc(F)cc1)S(C)(=O)=O. The summed E-state index contributed by atoms with van der Waals surface area (Å²) in [7, 11) is -3.94. The van der Waals surface area contributed by atoms with Gasteiger partial charge in [0.15, 0.2) is 0 Å². The number of amides is 2. The molecule has 3 rings (SSSR count). The van der Waals surface area contributed by atoms with Gasteiger partial charge in [-0.1, -0.05) is 49.4 Å². The predicted octanol–water partition coefficient (Wildman–Crippen LogP) is 3.90. The Morgan fingerprint density at radius 3 is 2.00 bits per heavy atom. The monoisotopic (exact) mass is 543 g/mol. The minimum absolute atomic E-state index is 0.0584. The summed E-state index contributed by atoms with van der Waals surface area (Å²) in [6.07, 6.45) is 1.81. The molecular weight excluding hydrogens is 512 g/mol.